The van der Waals surface area contributed by atoms with Crippen LogP contribution >= 0.6 is 11.3 Å². The van der Waals surface area contributed by atoms with Gasteiger partial charge in [-0.3, -0.25) is 0 Å². The van der Waals surface area contributed by atoms with Gasteiger partial charge in [-0.05, 0) is 57.0 Å². The fourth-order valence-corrected chi connectivity index (χ4v) is 4.84. The normalized spacial score (nSPS) is 16.1. The minimum absolute atomic E-state index is 0.346. The van der Waals surface area contributed by atoms with Crippen LogP contribution in [0.4, 0.5) is 16.8 Å². The van der Waals surface area contributed by atoms with Crippen LogP contribution in [-0.4, -0.2) is 53.1 Å². The highest BCUT2D eigenvalue weighted by Gasteiger charge is 2.20. The molecular weight excluding hydrogens is 420 g/mol. The van der Waals surface area contributed by atoms with E-state index < -0.39 is 0 Å². The number of allylic oxidation sites excluding steroid dienone is 1. The predicted molar refractivity (Wildman–Crippen MR) is 130 cm³/mol. The lowest BCUT2D eigenvalue weighted by Gasteiger charge is -2.33. The van der Waals surface area contributed by atoms with Crippen molar-refractivity contribution < 1.29 is 4.74 Å². The van der Waals surface area contributed by atoms with Crippen LogP contribution in [-0.2, 0) is 6.42 Å². The van der Waals surface area contributed by atoms with E-state index in [2.05, 4.69) is 58.1 Å². The lowest BCUT2D eigenvalue weighted by molar-refractivity contribution is 0.311. The largest absolute Gasteiger partial charge is 0.424 e. The number of benzene rings is 1. The van der Waals surface area contributed by atoms with Crippen LogP contribution in [0.3, 0.4) is 0 Å². The average Bonchev–Trinajstić information content (AvgIpc) is 3.35. The van der Waals surface area contributed by atoms with Crippen LogP contribution in [0.25, 0.3) is 6.08 Å². The third kappa shape index (κ3) is 4.33. The van der Waals surface area contributed by atoms with Gasteiger partial charge in [-0.1, -0.05) is 17.7 Å². The van der Waals surface area contributed by atoms with Gasteiger partial charge in [0.1, 0.15) is 17.4 Å². The molecule has 0 bridgehead atoms. The molecule has 0 unspecified atom stereocenters. The molecule has 0 radical (unpaired) electrons. The number of nitrogens with zero attached hydrogens (tertiary/aromatic N) is 5. The van der Waals surface area contributed by atoms with Gasteiger partial charge in [0.2, 0.25) is 0 Å². The first-order valence-corrected chi connectivity index (χ1v) is 11.8. The van der Waals surface area contributed by atoms with Crippen LogP contribution in [0.5, 0.6) is 11.8 Å². The number of nitrogens with one attached hydrogen (secondary N) is 1. The van der Waals surface area contributed by atoms with Gasteiger partial charge in [-0.25, -0.2) is 4.98 Å². The van der Waals surface area contributed by atoms with E-state index >= 15 is 0 Å². The first-order valence-electron chi connectivity index (χ1n) is 10.9. The summed E-state index contributed by atoms with van der Waals surface area (Å²) in [6, 6.07) is 6.51. The Labute approximate surface area is 192 Å². The van der Waals surface area contributed by atoms with Gasteiger partial charge >= 0.3 is 6.01 Å². The summed E-state index contributed by atoms with van der Waals surface area (Å²) in [5.41, 5.74) is 5.10. The smallest absolute Gasteiger partial charge is 0.325 e. The second-order valence-electron chi connectivity index (χ2n) is 8.62. The number of anilines is 3. The number of ether oxygens (including phenoxy) is 1. The number of rotatable bonds is 5. The van der Waals surface area contributed by atoms with E-state index in [0.717, 1.165) is 59.7 Å². The SMILES string of the molecule is CC1=Cc2c(ccc(Oc3nc(Nc4ncc(C)s4)cc(N4CCN(C)CC4)n3)c2C)C1. The van der Waals surface area contributed by atoms with Crippen molar-refractivity contribution in [2.45, 2.75) is 27.2 Å². The Balaban J connectivity index is 1.47. The van der Waals surface area contributed by atoms with Crippen molar-refractivity contribution in [1.29, 1.82) is 0 Å². The molecule has 1 aromatic carbocycles. The number of fused-ring (bicyclic) bond motifs is 1. The highest BCUT2D eigenvalue weighted by Crippen LogP contribution is 2.35. The van der Waals surface area contributed by atoms with Gasteiger partial charge in [0, 0.05) is 43.3 Å². The van der Waals surface area contributed by atoms with Gasteiger partial charge < -0.3 is 19.9 Å². The molecule has 0 saturated carbocycles. The average molecular weight is 449 g/mol. The first-order chi connectivity index (χ1) is 15.4. The maximum absolute atomic E-state index is 6.26. The standard InChI is InChI=1S/C24H28N6OS/c1-15-11-18-5-6-20(17(3)19(18)12-15)31-23-26-21(27-24-25-14-16(2)32-24)13-22(28-23)30-9-7-29(4)8-10-30/h5-6,12-14H,7-11H2,1-4H3,(H,25,26,27,28). The van der Waals surface area contributed by atoms with Crippen LogP contribution in [0.2, 0.25) is 0 Å². The zero-order valence-corrected chi connectivity index (χ0v) is 19.8. The molecule has 0 amide bonds. The van der Waals surface area contributed by atoms with Crippen molar-refractivity contribution in [1.82, 2.24) is 19.9 Å². The summed E-state index contributed by atoms with van der Waals surface area (Å²) in [7, 11) is 2.15. The highest BCUT2D eigenvalue weighted by atomic mass is 32.1. The maximum Gasteiger partial charge on any atom is 0.325 e. The summed E-state index contributed by atoms with van der Waals surface area (Å²) in [5.74, 6) is 2.35. The van der Waals surface area contributed by atoms with Gasteiger partial charge in [0.25, 0.3) is 0 Å². The van der Waals surface area contributed by atoms with E-state index in [1.165, 1.54) is 16.7 Å². The number of thiazole rings is 1. The van der Waals surface area contributed by atoms with Crippen molar-refractivity contribution in [2.24, 2.45) is 0 Å². The van der Waals surface area contributed by atoms with Crippen molar-refractivity contribution in [3.63, 3.8) is 0 Å². The molecule has 7 nitrogen and oxygen atoms in total. The molecule has 0 atom stereocenters. The van der Waals surface area contributed by atoms with Gasteiger partial charge in [-0.15, -0.1) is 11.3 Å². The third-order valence-electron chi connectivity index (χ3n) is 5.99. The second-order valence-corrected chi connectivity index (χ2v) is 9.85. The quantitative estimate of drug-likeness (QED) is 0.601. The molecule has 0 spiro atoms. The summed E-state index contributed by atoms with van der Waals surface area (Å²) in [6.07, 6.45) is 5.11. The van der Waals surface area contributed by atoms with Gasteiger partial charge in [0.05, 0.1) is 0 Å². The number of hydrogen-bond acceptors (Lipinski definition) is 8. The van der Waals surface area contributed by atoms with Gasteiger partial charge in [-0.2, -0.15) is 9.97 Å². The maximum atomic E-state index is 6.26. The Hall–Kier alpha value is -2.97. The molecule has 3 aromatic rings. The minimum Gasteiger partial charge on any atom is -0.424 e. The monoisotopic (exact) mass is 448 g/mol. The summed E-state index contributed by atoms with van der Waals surface area (Å²) in [4.78, 5) is 19.6. The van der Waals surface area contributed by atoms with Gasteiger partial charge in [0.15, 0.2) is 5.13 Å². The Morgan fingerprint density at radius 3 is 2.62 bits per heavy atom. The van der Waals surface area contributed by atoms with Crippen LogP contribution in [0, 0.1) is 13.8 Å². The van der Waals surface area contributed by atoms with Crippen LogP contribution in [0.1, 0.15) is 28.5 Å². The minimum atomic E-state index is 0.346. The molecule has 1 aliphatic carbocycles. The fourth-order valence-electron chi connectivity index (χ4n) is 4.17. The molecule has 5 rings (SSSR count). The van der Waals surface area contributed by atoms with E-state index in [0.29, 0.717) is 11.8 Å². The highest BCUT2D eigenvalue weighted by molar-refractivity contribution is 7.15. The Bertz CT molecular complexity index is 1180. The number of piperazine rings is 1. The molecule has 32 heavy (non-hydrogen) atoms. The lowest BCUT2D eigenvalue weighted by atomic mass is 10.0. The number of hydrogen-bond donors (Lipinski definition) is 1. The third-order valence-corrected chi connectivity index (χ3v) is 6.82. The molecule has 2 aliphatic rings. The topological polar surface area (TPSA) is 66.4 Å². The summed E-state index contributed by atoms with van der Waals surface area (Å²) < 4.78 is 6.26. The molecule has 1 fully saturated rings. The zero-order chi connectivity index (χ0) is 22.2. The Morgan fingerprint density at radius 2 is 1.88 bits per heavy atom. The molecule has 1 N–H and O–H groups in total. The van der Waals surface area contributed by atoms with Crippen LogP contribution in [0.15, 0.2) is 30.0 Å². The first kappa shape index (κ1) is 20.9. The molecule has 1 aliphatic heterocycles. The van der Waals surface area contributed by atoms with E-state index in [1.54, 1.807) is 11.3 Å². The zero-order valence-electron chi connectivity index (χ0n) is 19.0. The second kappa shape index (κ2) is 8.52. The van der Waals surface area contributed by atoms with E-state index in [1.807, 2.05) is 25.3 Å². The molecule has 166 valence electrons. The van der Waals surface area contributed by atoms with Crippen molar-refractivity contribution >= 4 is 34.2 Å². The van der Waals surface area contributed by atoms with Crippen molar-refractivity contribution in [3.8, 4) is 11.8 Å². The molecule has 2 aromatic heterocycles. The number of aromatic nitrogens is 3. The summed E-state index contributed by atoms with van der Waals surface area (Å²) in [6.45, 7) is 10.2. The van der Waals surface area contributed by atoms with E-state index in [-0.39, 0.29) is 0 Å². The summed E-state index contributed by atoms with van der Waals surface area (Å²) >= 11 is 1.60. The molecule has 3 heterocycles. The van der Waals surface area contributed by atoms with Crippen LogP contribution < -0.4 is 15.0 Å². The lowest BCUT2D eigenvalue weighted by Crippen LogP contribution is -2.44. The van der Waals surface area contributed by atoms with Crippen molar-refractivity contribution in [2.75, 3.05) is 43.4 Å². The molecule has 8 heteroatoms. The number of aryl methyl sites for hydroxylation is 1. The Morgan fingerprint density at radius 1 is 1.06 bits per heavy atom. The van der Waals surface area contributed by atoms with Crippen molar-refractivity contribution in [3.05, 3.63) is 51.5 Å². The molecular formula is C24H28N6OS. The predicted octanol–water partition coefficient (Wildman–Crippen LogP) is 4.80. The Kier molecular flexibility index (Phi) is 5.57. The fraction of sp³-hybridized carbons (Fsp3) is 0.375. The summed E-state index contributed by atoms with van der Waals surface area (Å²) in [5, 5.41) is 4.14. The van der Waals surface area contributed by atoms with E-state index in [9.17, 15) is 0 Å². The van der Waals surface area contributed by atoms with E-state index in [4.69, 9.17) is 9.72 Å². The molecule has 1 saturated heterocycles. The number of likely N-dealkylation sites (N-methyl/N-ethyl adjacent to an activating group) is 1.